The minimum atomic E-state index is -1.25. The van der Waals surface area contributed by atoms with Gasteiger partial charge in [0.05, 0.1) is 26.3 Å². The molecule has 0 aliphatic heterocycles. The lowest BCUT2D eigenvalue weighted by Crippen LogP contribution is -2.47. The number of para-hydroxylation sites is 1. The number of rotatable bonds is 8. The molecule has 0 saturated carbocycles. The van der Waals surface area contributed by atoms with Crippen LogP contribution in [0, 0.1) is 0 Å². The van der Waals surface area contributed by atoms with Crippen LogP contribution < -0.4 is 30.6 Å². The van der Waals surface area contributed by atoms with E-state index in [-0.39, 0.29) is 5.75 Å². The fourth-order valence-corrected chi connectivity index (χ4v) is 2.31. The molecule has 2 aromatic rings. The predicted molar refractivity (Wildman–Crippen MR) is 101 cm³/mol. The Bertz CT molecular complexity index is 841. The second-order valence-electron chi connectivity index (χ2n) is 5.63. The quantitative estimate of drug-likeness (QED) is 0.632. The van der Waals surface area contributed by atoms with E-state index in [4.69, 9.17) is 19.9 Å². The number of nitrogens with one attached hydrogen (secondary N) is 2. The molecule has 0 bridgehead atoms. The van der Waals surface area contributed by atoms with Crippen molar-refractivity contribution >= 4 is 23.6 Å². The third kappa shape index (κ3) is 5.90. The zero-order valence-electron chi connectivity index (χ0n) is 15.4. The summed E-state index contributed by atoms with van der Waals surface area (Å²) < 4.78 is 15.4. The van der Waals surface area contributed by atoms with Gasteiger partial charge >= 0.3 is 6.09 Å². The van der Waals surface area contributed by atoms with Crippen LogP contribution in [0.4, 0.5) is 10.5 Å². The van der Waals surface area contributed by atoms with Crippen LogP contribution in [-0.4, -0.2) is 38.2 Å². The van der Waals surface area contributed by atoms with Crippen LogP contribution in [0.25, 0.3) is 0 Å². The topological polar surface area (TPSA) is 129 Å². The molecule has 0 fully saturated rings. The SMILES string of the molecule is COc1ccc(OC)c(NC(=O)[C@@H](CC(N)=O)NC(=O)Oc2ccccc2)c1. The first-order chi connectivity index (χ1) is 13.4. The molecule has 1 atom stereocenters. The van der Waals surface area contributed by atoms with Crippen LogP contribution in [0.2, 0.25) is 0 Å². The summed E-state index contributed by atoms with van der Waals surface area (Å²) in [6.07, 6.45) is -1.31. The van der Waals surface area contributed by atoms with Crippen molar-refractivity contribution in [1.29, 1.82) is 0 Å². The Hall–Kier alpha value is -3.75. The number of methoxy groups -OCH3 is 2. The van der Waals surface area contributed by atoms with Crippen molar-refractivity contribution in [2.75, 3.05) is 19.5 Å². The molecule has 148 valence electrons. The molecule has 0 aromatic heterocycles. The fraction of sp³-hybridized carbons (Fsp3) is 0.211. The van der Waals surface area contributed by atoms with E-state index < -0.39 is 30.4 Å². The smallest absolute Gasteiger partial charge is 0.413 e. The largest absolute Gasteiger partial charge is 0.497 e. The van der Waals surface area contributed by atoms with Crippen LogP contribution >= 0.6 is 0 Å². The van der Waals surface area contributed by atoms with E-state index in [9.17, 15) is 14.4 Å². The molecular formula is C19H21N3O6. The molecule has 4 N–H and O–H groups in total. The third-order valence-corrected chi connectivity index (χ3v) is 3.63. The molecule has 0 unspecified atom stereocenters. The van der Waals surface area contributed by atoms with Crippen molar-refractivity contribution in [3.8, 4) is 17.2 Å². The van der Waals surface area contributed by atoms with E-state index in [2.05, 4.69) is 10.6 Å². The van der Waals surface area contributed by atoms with Crippen molar-refractivity contribution in [2.45, 2.75) is 12.5 Å². The Kier molecular flexibility index (Phi) is 7.21. The van der Waals surface area contributed by atoms with Crippen molar-refractivity contribution in [2.24, 2.45) is 5.73 Å². The zero-order valence-corrected chi connectivity index (χ0v) is 15.4. The molecule has 2 aromatic carbocycles. The average Bonchev–Trinajstić information content (AvgIpc) is 2.67. The highest BCUT2D eigenvalue weighted by Crippen LogP contribution is 2.29. The highest BCUT2D eigenvalue weighted by molar-refractivity contribution is 6.00. The number of anilines is 1. The Morgan fingerprint density at radius 3 is 2.32 bits per heavy atom. The van der Waals surface area contributed by atoms with Gasteiger partial charge in [0, 0.05) is 6.07 Å². The lowest BCUT2D eigenvalue weighted by molar-refractivity contribution is -0.123. The molecule has 0 aliphatic rings. The van der Waals surface area contributed by atoms with E-state index in [0.29, 0.717) is 17.2 Å². The minimum absolute atomic E-state index is 0.285. The molecule has 0 radical (unpaired) electrons. The molecule has 0 aliphatic carbocycles. The van der Waals surface area contributed by atoms with Gasteiger partial charge < -0.3 is 30.6 Å². The Balaban J connectivity index is 2.12. The second-order valence-corrected chi connectivity index (χ2v) is 5.63. The molecule has 28 heavy (non-hydrogen) atoms. The maximum atomic E-state index is 12.6. The predicted octanol–water partition coefficient (Wildman–Crippen LogP) is 1.67. The van der Waals surface area contributed by atoms with Gasteiger partial charge in [-0.3, -0.25) is 9.59 Å². The lowest BCUT2D eigenvalue weighted by Gasteiger charge is -2.18. The van der Waals surface area contributed by atoms with Crippen LogP contribution in [0.15, 0.2) is 48.5 Å². The number of nitrogens with two attached hydrogens (primary N) is 1. The highest BCUT2D eigenvalue weighted by atomic mass is 16.6. The number of hydrogen-bond acceptors (Lipinski definition) is 6. The lowest BCUT2D eigenvalue weighted by atomic mass is 10.1. The summed E-state index contributed by atoms with van der Waals surface area (Å²) in [5.74, 6) is -0.293. The van der Waals surface area contributed by atoms with Gasteiger partial charge in [0.25, 0.3) is 0 Å². The first kappa shape index (κ1) is 20.6. The summed E-state index contributed by atoms with van der Waals surface area (Å²) in [6.45, 7) is 0. The number of benzene rings is 2. The molecule has 0 saturated heterocycles. The summed E-state index contributed by atoms with van der Waals surface area (Å²) in [6, 6.07) is 11.8. The van der Waals surface area contributed by atoms with Gasteiger partial charge in [-0.25, -0.2) is 4.79 Å². The van der Waals surface area contributed by atoms with Gasteiger partial charge in [-0.2, -0.15) is 0 Å². The van der Waals surface area contributed by atoms with Crippen molar-refractivity contribution in [3.63, 3.8) is 0 Å². The minimum Gasteiger partial charge on any atom is -0.497 e. The molecule has 9 heteroatoms. The Morgan fingerprint density at radius 1 is 1.00 bits per heavy atom. The van der Waals surface area contributed by atoms with Crippen LogP contribution in [-0.2, 0) is 9.59 Å². The first-order valence-electron chi connectivity index (χ1n) is 8.27. The van der Waals surface area contributed by atoms with Gasteiger partial charge in [0.1, 0.15) is 23.3 Å². The van der Waals surface area contributed by atoms with Gasteiger partial charge in [-0.1, -0.05) is 18.2 Å². The monoisotopic (exact) mass is 387 g/mol. The van der Waals surface area contributed by atoms with Crippen molar-refractivity contribution < 1.29 is 28.6 Å². The second kappa shape index (κ2) is 9.81. The summed E-state index contributed by atoms with van der Waals surface area (Å²) in [4.78, 5) is 36.0. The molecule has 2 rings (SSSR count). The summed E-state index contributed by atoms with van der Waals surface area (Å²) in [5, 5.41) is 4.93. The zero-order chi connectivity index (χ0) is 20.5. The Morgan fingerprint density at radius 2 is 1.71 bits per heavy atom. The summed E-state index contributed by atoms with van der Waals surface area (Å²) in [7, 11) is 2.91. The van der Waals surface area contributed by atoms with Gasteiger partial charge in [-0.15, -0.1) is 0 Å². The van der Waals surface area contributed by atoms with E-state index in [1.54, 1.807) is 48.5 Å². The number of carbonyl (C=O) groups is 3. The molecular weight excluding hydrogens is 366 g/mol. The van der Waals surface area contributed by atoms with Crippen molar-refractivity contribution in [3.05, 3.63) is 48.5 Å². The fourth-order valence-electron chi connectivity index (χ4n) is 2.31. The summed E-state index contributed by atoms with van der Waals surface area (Å²) in [5.41, 5.74) is 5.50. The molecule has 0 spiro atoms. The third-order valence-electron chi connectivity index (χ3n) is 3.63. The Labute approximate surface area is 161 Å². The van der Waals surface area contributed by atoms with Gasteiger partial charge in [0.2, 0.25) is 11.8 Å². The number of amides is 3. The van der Waals surface area contributed by atoms with E-state index in [1.165, 1.54) is 14.2 Å². The average molecular weight is 387 g/mol. The van der Waals surface area contributed by atoms with Crippen LogP contribution in [0.3, 0.4) is 0 Å². The van der Waals surface area contributed by atoms with Crippen LogP contribution in [0.1, 0.15) is 6.42 Å². The van der Waals surface area contributed by atoms with Crippen molar-refractivity contribution in [1.82, 2.24) is 5.32 Å². The normalized spacial score (nSPS) is 11.1. The summed E-state index contributed by atoms with van der Waals surface area (Å²) >= 11 is 0. The maximum absolute atomic E-state index is 12.6. The number of hydrogen-bond donors (Lipinski definition) is 3. The van der Waals surface area contributed by atoms with E-state index >= 15 is 0 Å². The number of carbonyl (C=O) groups excluding carboxylic acids is 3. The van der Waals surface area contributed by atoms with Gasteiger partial charge in [-0.05, 0) is 24.3 Å². The first-order valence-corrected chi connectivity index (χ1v) is 8.27. The van der Waals surface area contributed by atoms with E-state index in [0.717, 1.165) is 0 Å². The molecule has 0 heterocycles. The number of primary amides is 1. The molecule has 9 nitrogen and oxygen atoms in total. The van der Waals surface area contributed by atoms with E-state index in [1.807, 2.05) is 0 Å². The molecule has 3 amide bonds. The standard InChI is InChI=1S/C19H21N3O6/c1-26-13-8-9-16(27-2)14(10-13)21-18(24)15(11-17(20)23)22-19(25)28-12-6-4-3-5-7-12/h3-10,15H,11H2,1-2H3,(H2,20,23)(H,21,24)(H,22,25)/t15-/m1/s1. The van der Waals surface area contributed by atoms with Crippen LogP contribution in [0.5, 0.6) is 17.2 Å². The maximum Gasteiger partial charge on any atom is 0.413 e. The number of ether oxygens (including phenoxy) is 3. The van der Waals surface area contributed by atoms with Gasteiger partial charge in [0.15, 0.2) is 0 Å². The highest BCUT2D eigenvalue weighted by Gasteiger charge is 2.25.